The topological polar surface area (TPSA) is 65.5 Å². The Morgan fingerprint density at radius 1 is 1.17 bits per heavy atom. The van der Waals surface area contributed by atoms with Crippen LogP contribution in [0.2, 0.25) is 0 Å². The maximum atomic E-state index is 12.2. The summed E-state index contributed by atoms with van der Waals surface area (Å²) in [7, 11) is 4.11. The SMILES string of the molecule is C=O.CCCC.CCN(C)C.CCN1CCCC(NC(=O)c2cccnc2C)CC1. The van der Waals surface area contributed by atoms with Gasteiger partial charge in [0.25, 0.3) is 5.91 Å². The van der Waals surface area contributed by atoms with Crippen molar-refractivity contribution in [1.29, 1.82) is 0 Å². The normalized spacial score (nSPS) is 15.9. The summed E-state index contributed by atoms with van der Waals surface area (Å²) in [5.41, 5.74) is 1.49. The number of nitrogens with zero attached hydrogens (tertiary/aromatic N) is 3. The van der Waals surface area contributed by atoms with Gasteiger partial charge in [-0.2, -0.15) is 0 Å². The molecular weight excluding hydrogens is 376 g/mol. The third kappa shape index (κ3) is 15.1. The summed E-state index contributed by atoms with van der Waals surface area (Å²) >= 11 is 0. The highest BCUT2D eigenvalue weighted by atomic mass is 16.1. The zero-order valence-corrected chi connectivity index (χ0v) is 20.5. The highest BCUT2D eigenvalue weighted by Gasteiger charge is 2.19. The van der Waals surface area contributed by atoms with E-state index in [1.807, 2.05) is 25.8 Å². The summed E-state index contributed by atoms with van der Waals surface area (Å²) in [6, 6.07) is 3.95. The first-order valence-corrected chi connectivity index (χ1v) is 11.3. The molecule has 2 rings (SSSR count). The number of carbonyl (C=O) groups excluding carboxylic acids is 2. The fourth-order valence-electron chi connectivity index (χ4n) is 2.60. The molecular formula is C24H46N4O2. The molecule has 30 heavy (non-hydrogen) atoms. The number of carbonyl (C=O) groups is 2. The molecule has 174 valence electrons. The second-order valence-electron chi connectivity index (χ2n) is 7.57. The third-order valence-electron chi connectivity index (χ3n) is 4.99. The maximum absolute atomic E-state index is 12.2. The first-order chi connectivity index (χ1) is 14.4. The average Bonchev–Trinajstić information content (AvgIpc) is 3.01. The predicted octanol–water partition coefficient (Wildman–Crippen LogP) is 4.18. The van der Waals surface area contributed by atoms with Crippen LogP contribution in [0.25, 0.3) is 0 Å². The lowest BCUT2D eigenvalue weighted by molar-refractivity contribution is -0.0980. The number of hydrogen-bond acceptors (Lipinski definition) is 5. The molecule has 1 aromatic rings. The molecule has 0 bridgehead atoms. The highest BCUT2D eigenvalue weighted by molar-refractivity contribution is 5.95. The molecule has 0 saturated carbocycles. The molecule has 1 aromatic heterocycles. The van der Waals surface area contributed by atoms with E-state index in [-0.39, 0.29) is 5.91 Å². The van der Waals surface area contributed by atoms with Gasteiger partial charge in [-0.15, -0.1) is 0 Å². The predicted molar refractivity (Wildman–Crippen MR) is 128 cm³/mol. The van der Waals surface area contributed by atoms with E-state index in [0.717, 1.165) is 51.1 Å². The summed E-state index contributed by atoms with van der Waals surface area (Å²) < 4.78 is 0. The Labute approximate surface area is 185 Å². The Morgan fingerprint density at radius 2 is 1.77 bits per heavy atom. The molecule has 0 aromatic carbocycles. The van der Waals surface area contributed by atoms with Crippen molar-refractivity contribution in [3.05, 3.63) is 29.6 Å². The fourth-order valence-corrected chi connectivity index (χ4v) is 2.60. The maximum Gasteiger partial charge on any atom is 0.253 e. The van der Waals surface area contributed by atoms with E-state index in [9.17, 15) is 4.79 Å². The molecule has 1 saturated heterocycles. The Bertz CT molecular complexity index is 536. The fraction of sp³-hybridized carbons (Fsp3) is 0.708. The number of rotatable bonds is 5. The smallest absolute Gasteiger partial charge is 0.253 e. The molecule has 6 heteroatoms. The van der Waals surface area contributed by atoms with E-state index in [1.54, 1.807) is 6.20 Å². The minimum atomic E-state index is 0.0144. The lowest BCUT2D eigenvalue weighted by Crippen LogP contribution is -2.36. The van der Waals surface area contributed by atoms with E-state index >= 15 is 0 Å². The number of likely N-dealkylation sites (tertiary alicyclic amines) is 1. The highest BCUT2D eigenvalue weighted by Crippen LogP contribution is 2.12. The minimum absolute atomic E-state index is 0.0144. The quantitative estimate of drug-likeness (QED) is 0.771. The number of amides is 1. The Morgan fingerprint density at radius 3 is 2.23 bits per heavy atom. The van der Waals surface area contributed by atoms with Crippen molar-refractivity contribution in [3.8, 4) is 0 Å². The number of pyridine rings is 1. The van der Waals surface area contributed by atoms with Gasteiger partial charge in [-0.25, -0.2) is 0 Å². The lowest BCUT2D eigenvalue weighted by atomic mass is 10.1. The molecule has 1 atom stereocenters. The van der Waals surface area contributed by atoms with Crippen LogP contribution in [0.3, 0.4) is 0 Å². The van der Waals surface area contributed by atoms with E-state index in [0.29, 0.717) is 11.6 Å². The van der Waals surface area contributed by atoms with Gasteiger partial charge in [-0.3, -0.25) is 9.78 Å². The molecule has 2 heterocycles. The van der Waals surface area contributed by atoms with E-state index < -0.39 is 0 Å². The van der Waals surface area contributed by atoms with E-state index in [2.05, 4.69) is 61.9 Å². The van der Waals surface area contributed by atoms with Crippen LogP contribution in [-0.2, 0) is 4.79 Å². The molecule has 1 fully saturated rings. The summed E-state index contributed by atoms with van der Waals surface area (Å²) in [6.45, 7) is 17.0. The Hall–Kier alpha value is -1.79. The third-order valence-corrected chi connectivity index (χ3v) is 4.99. The van der Waals surface area contributed by atoms with Gasteiger partial charge >= 0.3 is 0 Å². The molecule has 0 spiro atoms. The standard InChI is InChI=1S/C15H23N3O.C4H11N.C4H10.CH2O/c1-3-18-10-5-6-13(8-11-18)17-15(19)14-7-4-9-16-12(14)2;1-4-5(2)3;1-3-4-2;1-2/h4,7,9,13H,3,5-6,8,10-11H2,1-2H3,(H,17,19);4H2,1-3H3;3-4H2,1-2H3;1H2. The van der Waals surface area contributed by atoms with Gasteiger partial charge in [0, 0.05) is 24.5 Å². The van der Waals surface area contributed by atoms with Crippen LogP contribution in [0.4, 0.5) is 0 Å². The van der Waals surface area contributed by atoms with Crippen molar-refractivity contribution in [2.45, 2.75) is 72.8 Å². The van der Waals surface area contributed by atoms with Crippen molar-refractivity contribution < 1.29 is 9.59 Å². The molecule has 1 amide bonds. The van der Waals surface area contributed by atoms with Crippen LogP contribution in [0, 0.1) is 6.92 Å². The van der Waals surface area contributed by atoms with Gasteiger partial charge in [-0.05, 0) is 72.0 Å². The van der Waals surface area contributed by atoms with Crippen molar-refractivity contribution >= 4 is 12.7 Å². The molecule has 0 radical (unpaired) electrons. The monoisotopic (exact) mass is 422 g/mol. The van der Waals surface area contributed by atoms with Gasteiger partial charge in [-0.1, -0.05) is 40.5 Å². The molecule has 6 nitrogen and oxygen atoms in total. The Balaban J connectivity index is 0. The van der Waals surface area contributed by atoms with Crippen LogP contribution in [-0.4, -0.2) is 73.8 Å². The van der Waals surface area contributed by atoms with Gasteiger partial charge in [0.1, 0.15) is 6.79 Å². The van der Waals surface area contributed by atoms with Crippen LogP contribution < -0.4 is 5.32 Å². The lowest BCUT2D eigenvalue weighted by Gasteiger charge is -2.18. The molecule has 1 aliphatic heterocycles. The Kier molecular flexibility index (Phi) is 20.8. The first kappa shape index (κ1) is 30.4. The zero-order valence-electron chi connectivity index (χ0n) is 20.5. The van der Waals surface area contributed by atoms with Gasteiger partial charge in [0.15, 0.2) is 0 Å². The first-order valence-electron chi connectivity index (χ1n) is 11.3. The average molecular weight is 423 g/mol. The van der Waals surface area contributed by atoms with Gasteiger partial charge in [0.05, 0.1) is 5.56 Å². The van der Waals surface area contributed by atoms with Crippen molar-refractivity contribution in [3.63, 3.8) is 0 Å². The van der Waals surface area contributed by atoms with Crippen LogP contribution in [0.5, 0.6) is 0 Å². The van der Waals surface area contributed by atoms with Crippen LogP contribution in [0.15, 0.2) is 18.3 Å². The van der Waals surface area contributed by atoms with E-state index in [4.69, 9.17) is 4.79 Å². The largest absolute Gasteiger partial charge is 0.349 e. The number of nitrogens with one attached hydrogen (secondary N) is 1. The van der Waals surface area contributed by atoms with Crippen LogP contribution in [0.1, 0.15) is 75.9 Å². The zero-order chi connectivity index (χ0) is 23.4. The van der Waals surface area contributed by atoms with Crippen molar-refractivity contribution in [2.24, 2.45) is 0 Å². The number of hydrogen-bond donors (Lipinski definition) is 1. The van der Waals surface area contributed by atoms with E-state index in [1.165, 1.54) is 12.8 Å². The number of unbranched alkanes of at least 4 members (excludes halogenated alkanes) is 1. The number of aryl methyl sites for hydroxylation is 1. The number of aromatic nitrogens is 1. The van der Waals surface area contributed by atoms with Gasteiger partial charge in [0.2, 0.25) is 0 Å². The molecule has 1 aliphatic rings. The summed E-state index contributed by atoms with van der Waals surface area (Å²) in [6.07, 6.45) is 7.63. The summed E-state index contributed by atoms with van der Waals surface area (Å²) in [5.74, 6) is 0.0144. The second kappa shape index (κ2) is 20.5. The van der Waals surface area contributed by atoms with Crippen molar-refractivity contribution in [2.75, 3.05) is 40.3 Å². The summed E-state index contributed by atoms with van der Waals surface area (Å²) in [5, 5.41) is 3.16. The molecule has 1 N–H and O–H groups in total. The molecule has 1 unspecified atom stereocenters. The summed E-state index contributed by atoms with van der Waals surface area (Å²) in [4.78, 5) is 29.0. The second-order valence-corrected chi connectivity index (χ2v) is 7.57. The van der Waals surface area contributed by atoms with Gasteiger partial charge < -0.3 is 19.9 Å². The minimum Gasteiger partial charge on any atom is -0.349 e. The van der Waals surface area contributed by atoms with Crippen molar-refractivity contribution in [1.82, 2.24) is 20.1 Å². The molecule has 0 aliphatic carbocycles. The van der Waals surface area contributed by atoms with Crippen LogP contribution >= 0.6 is 0 Å².